The van der Waals surface area contributed by atoms with E-state index >= 15 is 0 Å². The molecule has 0 spiro atoms. The average molecular weight is 327 g/mol. The molecule has 0 saturated heterocycles. The highest BCUT2D eigenvalue weighted by molar-refractivity contribution is 5.65. The van der Waals surface area contributed by atoms with Crippen LogP contribution in [0.5, 0.6) is 11.5 Å². The molecule has 2 aromatic heterocycles. The Morgan fingerprint density at radius 2 is 1.96 bits per heavy atom. The summed E-state index contributed by atoms with van der Waals surface area (Å²) in [5.41, 5.74) is 2.97. The number of aromatic nitrogens is 4. The normalized spacial score (nSPS) is 10.8. The molecule has 1 aromatic carbocycles. The number of fused-ring (bicyclic) bond motifs is 1. The van der Waals surface area contributed by atoms with E-state index in [1.807, 2.05) is 25.1 Å². The maximum Gasteiger partial charge on any atom is 0.254 e. The van der Waals surface area contributed by atoms with Crippen LogP contribution in [-0.4, -0.2) is 33.8 Å². The lowest BCUT2D eigenvalue weighted by atomic mass is 10.1. The van der Waals surface area contributed by atoms with Crippen molar-refractivity contribution in [3.8, 4) is 11.5 Å². The van der Waals surface area contributed by atoms with Crippen LogP contribution < -0.4 is 14.8 Å². The molecule has 24 heavy (non-hydrogen) atoms. The van der Waals surface area contributed by atoms with E-state index in [0.29, 0.717) is 17.3 Å². The second-order valence-electron chi connectivity index (χ2n) is 5.44. The SMILES string of the molecule is CCCc1c(C)nc2ncnn2c1Nc1ccc(OC)c(OC)c1. The molecule has 126 valence electrons. The van der Waals surface area contributed by atoms with Gasteiger partial charge in [0.05, 0.1) is 14.2 Å². The molecule has 0 aliphatic heterocycles. The van der Waals surface area contributed by atoms with Gasteiger partial charge in [0.15, 0.2) is 11.5 Å². The smallest absolute Gasteiger partial charge is 0.254 e. The van der Waals surface area contributed by atoms with Crippen LogP contribution in [0.15, 0.2) is 24.5 Å². The van der Waals surface area contributed by atoms with Crippen molar-refractivity contribution in [3.63, 3.8) is 0 Å². The number of nitrogens with one attached hydrogen (secondary N) is 1. The highest BCUT2D eigenvalue weighted by Gasteiger charge is 2.15. The summed E-state index contributed by atoms with van der Waals surface area (Å²) in [6.45, 7) is 4.14. The Balaban J connectivity index is 2.09. The van der Waals surface area contributed by atoms with Crippen LogP contribution in [0.2, 0.25) is 0 Å². The average Bonchev–Trinajstić information content (AvgIpc) is 3.05. The van der Waals surface area contributed by atoms with Crippen LogP contribution in [-0.2, 0) is 6.42 Å². The molecule has 0 aliphatic rings. The first-order valence-corrected chi connectivity index (χ1v) is 7.86. The number of hydrogen-bond donors (Lipinski definition) is 1. The number of rotatable bonds is 6. The highest BCUT2D eigenvalue weighted by Crippen LogP contribution is 2.32. The molecule has 7 heteroatoms. The van der Waals surface area contributed by atoms with Gasteiger partial charge in [-0.05, 0) is 25.5 Å². The Morgan fingerprint density at radius 3 is 2.67 bits per heavy atom. The first-order chi connectivity index (χ1) is 11.7. The zero-order valence-corrected chi connectivity index (χ0v) is 14.3. The maximum absolute atomic E-state index is 5.38. The van der Waals surface area contributed by atoms with Gasteiger partial charge in [0, 0.05) is 23.0 Å². The molecule has 0 unspecified atom stereocenters. The van der Waals surface area contributed by atoms with E-state index in [4.69, 9.17) is 9.47 Å². The largest absolute Gasteiger partial charge is 0.493 e. The van der Waals surface area contributed by atoms with Crippen molar-refractivity contribution in [2.45, 2.75) is 26.7 Å². The molecule has 7 nitrogen and oxygen atoms in total. The fraction of sp³-hybridized carbons (Fsp3) is 0.353. The van der Waals surface area contributed by atoms with Gasteiger partial charge in [-0.3, -0.25) is 0 Å². The molecule has 0 saturated carbocycles. The molecule has 0 radical (unpaired) electrons. The summed E-state index contributed by atoms with van der Waals surface area (Å²) >= 11 is 0. The summed E-state index contributed by atoms with van der Waals surface area (Å²) in [6, 6.07) is 5.70. The van der Waals surface area contributed by atoms with E-state index in [1.54, 1.807) is 18.7 Å². The molecule has 0 bridgehead atoms. The third-order valence-electron chi connectivity index (χ3n) is 3.88. The van der Waals surface area contributed by atoms with Crippen molar-refractivity contribution in [2.75, 3.05) is 19.5 Å². The number of anilines is 2. The number of methoxy groups -OCH3 is 2. The third-order valence-corrected chi connectivity index (χ3v) is 3.88. The Morgan fingerprint density at radius 1 is 1.17 bits per heavy atom. The van der Waals surface area contributed by atoms with Gasteiger partial charge in [0.1, 0.15) is 12.1 Å². The summed E-state index contributed by atoms with van der Waals surface area (Å²) in [7, 11) is 3.24. The van der Waals surface area contributed by atoms with Gasteiger partial charge in [-0.15, -0.1) is 0 Å². The van der Waals surface area contributed by atoms with Crippen molar-refractivity contribution in [2.24, 2.45) is 0 Å². The molecule has 0 fully saturated rings. The quantitative estimate of drug-likeness (QED) is 0.750. The second-order valence-corrected chi connectivity index (χ2v) is 5.44. The zero-order valence-electron chi connectivity index (χ0n) is 14.3. The summed E-state index contributed by atoms with van der Waals surface area (Å²) in [4.78, 5) is 8.72. The number of hydrogen-bond acceptors (Lipinski definition) is 6. The monoisotopic (exact) mass is 327 g/mol. The standard InChI is InChI=1S/C17H21N5O2/c1-5-6-13-11(2)20-17-18-10-19-22(17)16(13)21-12-7-8-14(23-3)15(9-12)24-4/h7-10,21H,5-6H2,1-4H3. The van der Waals surface area contributed by atoms with E-state index in [2.05, 4.69) is 27.3 Å². The number of benzene rings is 1. The first-order valence-electron chi connectivity index (χ1n) is 7.86. The lowest BCUT2D eigenvalue weighted by Crippen LogP contribution is -2.09. The van der Waals surface area contributed by atoms with Gasteiger partial charge in [-0.25, -0.2) is 4.98 Å². The molecule has 3 aromatic rings. The van der Waals surface area contributed by atoms with Crippen LogP contribution >= 0.6 is 0 Å². The maximum atomic E-state index is 5.38. The molecule has 0 amide bonds. The van der Waals surface area contributed by atoms with Gasteiger partial charge in [0.2, 0.25) is 0 Å². The van der Waals surface area contributed by atoms with Crippen LogP contribution in [0.4, 0.5) is 11.5 Å². The Labute approximate surface area is 140 Å². The van der Waals surface area contributed by atoms with Crippen molar-refractivity contribution in [1.29, 1.82) is 0 Å². The molecule has 0 atom stereocenters. The van der Waals surface area contributed by atoms with E-state index < -0.39 is 0 Å². The Hall–Kier alpha value is -2.83. The van der Waals surface area contributed by atoms with Crippen molar-refractivity contribution >= 4 is 17.3 Å². The summed E-state index contributed by atoms with van der Waals surface area (Å²) < 4.78 is 12.4. The van der Waals surface area contributed by atoms with Crippen molar-refractivity contribution in [3.05, 3.63) is 35.8 Å². The fourth-order valence-electron chi connectivity index (χ4n) is 2.71. The minimum absolute atomic E-state index is 0.579. The van der Waals surface area contributed by atoms with Crippen LogP contribution in [0.3, 0.4) is 0 Å². The highest BCUT2D eigenvalue weighted by atomic mass is 16.5. The van der Waals surface area contributed by atoms with E-state index in [0.717, 1.165) is 35.6 Å². The van der Waals surface area contributed by atoms with Crippen LogP contribution in [0, 0.1) is 6.92 Å². The molecule has 3 rings (SSSR count). The lowest BCUT2D eigenvalue weighted by Gasteiger charge is -2.16. The number of aryl methyl sites for hydroxylation is 1. The molecule has 0 aliphatic carbocycles. The first kappa shape index (κ1) is 16.0. The summed E-state index contributed by atoms with van der Waals surface area (Å²) in [6.07, 6.45) is 3.44. The van der Waals surface area contributed by atoms with Crippen molar-refractivity contribution in [1.82, 2.24) is 19.6 Å². The molecular weight excluding hydrogens is 306 g/mol. The van der Waals surface area contributed by atoms with Crippen LogP contribution in [0.1, 0.15) is 24.6 Å². The Bertz CT molecular complexity index is 860. The zero-order chi connectivity index (χ0) is 17.1. The second kappa shape index (κ2) is 6.74. The number of ether oxygens (including phenoxy) is 2. The Kier molecular flexibility index (Phi) is 4.50. The van der Waals surface area contributed by atoms with E-state index in [1.165, 1.54) is 6.33 Å². The molecule has 1 N–H and O–H groups in total. The predicted molar refractivity (Wildman–Crippen MR) is 92.3 cm³/mol. The third kappa shape index (κ3) is 2.84. The summed E-state index contributed by atoms with van der Waals surface area (Å²) in [5, 5.41) is 7.74. The molecule has 2 heterocycles. The van der Waals surface area contributed by atoms with Crippen molar-refractivity contribution < 1.29 is 9.47 Å². The van der Waals surface area contributed by atoms with E-state index in [9.17, 15) is 0 Å². The summed E-state index contributed by atoms with van der Waals surface area (Å²) in [5.74, 6) is 2.81. The number of nitrogens with zero attached hydrogens (tertiary/aromatic N) is 4. The van der Waals surface area contributed by atoms with Gasteiger partial charge in [0.25, 0.3) is 5.78 Å². The lowest BCUT2D eigenvalue weighted by molar-refractivity contribution is 0.355. The van der Waals surface area contributed by atoms with E-state index in [-0.39, 0.29) is 0 Å². The fourth-order valence-corrected chi connectivity index (χ4v) is 2.71. The minimum Gasteiger partial charge on any atom is -0.493 e. The topological polar surface area (TPSA) is 73.6 Å². The minimum atomic E-state index is 0.579. The van der Waals surface area contributed by atoms with Gasteiger partial charge < -0.3 is 14.8 Å². The van der Waals surface area contributed by atoms with Gasteiger partial charge >= 0.3 is 0 Å². The predicted octanol–water partition coefficient (Wildman–Crippen LogP) is 3.15. The van der Waals surface area contributed by atoms with Crippen LogP contribution in [0.25, 0.3) is 5.78 Å². The molecular formula is C17H21N5O2. The van der Waals surface area contributed by atoms with Gasteiger partial charge in [-0.2, -0.15) is 14.6 Å². The van der Waals surface area contributed by atoms with Gasteiger partial charge in [-0.1, -0.05) is 13.3 Å².